The van der Waals surface area contributed by atoms with Gasteiger partial charge in [-0.25, -0.2) is 4.98 Å². The fourth-order valence-electron chi connectivity index (χ4n) is 8.41. The molecule has 0 aliphatic carbocycles. The molecule has 8 aromatic carbocycles. The van der Waals surface area contributed by atoms with Crippen LogP contribution in [-0.4, -0.2) is 9.55 Å². The van der Waals surface area contributed by atoms with Crippen molar-refractivity contribution in [3.8, 4) is 17.1 Å². The number of rotatable bonds is 5. The Hall–Kier alpha value is -7.15. The molecular weight excluding hydrogens is 695 g/mol. The third-order valence-corrected chi connectivity index (χ3v) is 11.9. The van der Waals surface area contributed by atoms with Gasteiger partial charge in [0.2, 0.25) is 5.89 Å². The fourth-order valence-corrected chi connectivity index (χ4v) is 9.55. The Bertz CT molecular complexity index is 3450. The Morgan fingerprint density at radius 1 is 0.491 bits per heavy atom. The summed E-state index contributed by atoms with van der Waals surface area (Å²) in [7, 11) is 0. The highest BCUT2D eigenvalue weighted by atomic mass is 32.1. The number of fused-ring (bicyclic) bond motifs is 10. The standard InChI is InChI=1S/C49H29N3O2S/c1-3-13-30(14-4-1)49-50-38-28-37-43(29-44(38)54-49)53-42-23-12-21-40(47(37)42)51(32-25-26-35-34-18-8-10-24-45(34)55-46(35)27-32)41-22-11-19-36-33-17-7-9-20-39(33)52(48(36)41)31-15-5-2-6-16-31/h1-29H. The summed E-state index contributed by atoms with van der Waals surface area (Å²) in [4.78, 5) is 7.37. The molecule has 6 heteroatoms. The topological polar surface area (TPSA) is 47.3 Å². The number of benzene rings is 8. The van der Waals surface area contributed by atoms with E-state index in [4.69, 9.17) is 13.8 Å². The number of furan rings is 1. The quantitative estimate of drug-likeness (QED) is 0.177. The average Bonchev–Trinajstić information content (AvgIpc) is 4.01. The molecule has 258 valence electrons. The van der Waals surface area contributed by atoms with Crippen LogP contribution in [0.15, 0.2) is 185 Å². The molecule has 0 aliphatic heterocycles. The predicted octanol–water partition coefficient (Wildman–Crippen LogP) is 14.3. The molecule has 0 fully saturated rings. The summed E-state index contributed by atoms with van der Waals surface area (Å²) in [6.45, 7) is 0. The second-order valence-electron chi connectivity index (χ2n) is 13.9. The van der Waals surface area contributed by atoms with Crippen molar-refractivity contribution in [3.05, 3.63) is 176 Å². The third-order valence-electron chi connectivity index (χ3n) is 10.8. The van der Waals surface area contributed by atoms with Gasteiger partial charge in [-0.1, -0.05) is 97.1 Å². The van der Waals surface area contributed by atoms with E-state index in [-0.39, 0.29) is 0 Å². The fraction of sp³-hybridized carbons (Fsp3) is 0. The molecule has 0 saturated carbocycles. The monoisotopic (exact) mass is 723 g/mol. The van der Waals surface area contributed by atoms with Crippen molar-refractivity contribution in [2.45, 2.75) is 0 Å². The molecule has 0 N–H and O–H groups in total. The van der Waals surface area contributed by atoms with E-state index in [0.29, 0.717) is 11.5 Å². The highest BCUT2D eigenvalue weighted by Gasteiger charge is 2.25. The minimum atomic E-state index is 0.589. The number of anilines is 3. The summed E-state index contributed by atoms with van der Waals surface area (Å²) >= 11 is 1.83. The number of nitrogens with zero attached hydrogens (tertiary/aromatic N) is 3. The first kappa shape index (κ1) is 30.3. The van der Waals surface area contributed by atoms with Gasteiger partial charge in [0.25, 0.3) is 0 Å². The smallest absolute Gasteiger partial charge is 0.227 e. The maximum absolute atomic E-state index is 6.66. The Labute approximate surface area is 318 Å². The molecule has 0 amide bonds. The van der Waals surface area contributed by atoms with Crippen molar-refractivity contribution in [1.82, 2.24) is 9.55 Å². The summed E-state index contributed by atoms with van der Waals surface area (Å²) < 4.78 is 17.9. The Kier molecular flexibility index (Phi) is 6.44. The Morgan fingerprint density at radius 3 is 2.11 bits per heavy atom. The molecule has 0 saturated heterocycles. The zero-order valence-electron chi connectivity index (χ0n) is 29.3. The summed E-state index contributed by atoms with van der Waals surface area (Å²) in [5, 5.41) is 6.93. The molecule has 0 atom stereocenters. The molecule has 0 spiro atoms. The highest BCUT2D eigenvalue weighted by Crippen LogP contribution is 2.49. The SMILES string of the molecule is c1ccc(-c2nc3cc4c(cc3o2)oc2cccc(N(c3ccc5c(c3)sc3ccccc35)c3cccc5c6ccccc6n(-c6ccccc6)c35)c24)cc1. The first-order valence-electron chi connectivity index (χ1n) is 18.4. The molecule has 4 heterocycles. The number of thiophene rings is 1. The van der Waals surface area contributed by atoms with Gasteiger partial charge in [-0.15, -0.1) is 11.3 Å². The second-order valence-corrected chi connectivity index (χ2v) is 15.0. The van der Waals surface area contributed by atoms with E-state index in [9.17, 15) is 0 Å². The third kappa shape index (κ3) is 4.55. The van der Waals surface area contributed by atoms with E-state index in [1.807, 2.05) is 47.7 Å². The van der Waals surface area contributed by atoms with Crippen molar-refractivity contribution in [2.24, 2.45) is 0 Å². The normalized spacial score (nSPS) is 12.0. The lowest BCUT2D eigenvalue weighted by atomic mass is 10.1. The molecule has 0 aliphatic rings. The summed E-state index contributed by atoms with van der Waals surface area (Å²) in [5.41, 5.74) is 10.5. The minimum Gasteiger partial charge on any atom is -0.456 e. The van der Waals surface area contributed by atoms with Gasteiger partial charge in [-0.05, 0) is 72.8 Å². The highest BCUT2D eigenvalue weighted by molar-refractivity contribution is 7.25. The molecule has 12 rings (SSSR count). The molecule has 12 aromatic rings. The van der Waals surface area contributed by atoms with Crippen LogP contribution >= 0.6 is 11.3 Å². The summed E-state index contributed by atoms with van der Waals surface area (Å²) in [6, 6.07) is 62.1. The Balaban J connectivity index is 1.18. The molecule has 55 heavy (non-hydrogen) atoms. The van der Waals surface area contributed by atoms with Crippen LogP contribution in [0, 0.1) is 0 Å². The largest absolute Gasteiger partial charge is 0.456 e. The van der Waals surface area contributed by atoms with Gasteiger partial charge < -0.3 is 18.3 Å². The zero-order chi connectivity index (χ0) is 36.0. The van der Waals surface area contributed by atoms with Gasteiger partial charge in [0, 0.05) is 59.3 Å². The molecule has 0 radical (unpaired) electrons. The van der Waals surface area contributed by atoms with Crippen LogP contribution in [0.3, 0.4) is 0 Å². The van der Waals surface area contributed by atoms with Crippen LogP contribution in [0.2, 0.25) is 0 Å². The van der Waals surface area contributed by atoms with Gasteiger partial charge in [0.1, 0.15) is 16.7 Å². The molecule has 5 nitrogen and oxygen atoms in total. The number of hydrogen-bond acceptors (Lipinski definition) is 5. The van der Waals surface area contributed by atoms with Crippen molar-refractivity contribution >= 4 is 103 Å². The Morgan fingerprint density at radius 2 is 1.22 bits per heavy atom. The van der Waals surface area contributed by atoms with Crippen molar-refractivity contribution in [1.29, 1.82) is 0 Å². The van der Waals surface area contributed by atoms with E-state index >= 15 is 0 Å². The van der Waals surface area contributed by atoms with Gasteiger partial charge in [0.05, 0.1) is 27.8 Å². The van der Waals surface area contributed by atoms with Gasteiger partial charge in [-0.3, -0.25) is 0 Å². The minimum absolute atomic E-state index is 0.589. The van der Waals surface area contributed by atoms with E-state index in [0.717, 1.165) is 66.8 Å². The van der Waals surface area contributed by atoms with Gasteiger partial charge in [-0.2, -0.15) is 0 Å². The lowest BCUT2D eigenvalue weighted by molar-refractivity contribution is 0.617. The first-order valence-corrected chi connectivity index (χ1v) is 19.2. The molecule has 4 aromatic heterocycles. The average molecular weight is 724 g/mol. The van der Waals surface area contributed by atoms with E-state index in [1.165, 1.54) is 30.9 Å². The maximum atomic E-state index is 6.66. The van der Waals surface area contributed by atoms with Crippen LogP contribution in [0.1, 0.15) is 0 Å². The van der Waals surface area contributed by atoms with E-state index < -0.39 is 0 Å². The summed E-state index contributed by atoms with van der Waals surface area (Å²) in [5.74, 6) is 0.589. The number of para-hydroxylation sites is 3. The van der Waals surface area contributed by atoms with Crippen LogP contribution < -0.4 is 4.90 Å². The molecule has 0 bridgehead atoms. The lowest BCUT2D eigenvalue weighted by Crippen LogP contribution is -2.12. The van der Waals surface area contributed by atoms with E-state index in [1.54, 1.807) is 0 Å². The summed E-state index contributed by atoms with van der Waals surface area (Å²) in [6.07, 6.45) is 0. The van der Waals surface area contributed by atoms with Crippen LogP contribution in [-0.2, 0) is 0 Å². The van der Waals surface area contributed by atoms with Gasteiger partial charge >= 0.3 is 0 Å². The van der Waals surface area contributed by atoms with Crippen molar-refractivity contribution in [2.75, 3.05) is 4.90 Å². The number of oxazole rings is 1. The zero-order valence-corrected chi connectivity index (χ0v) is 30.1. The molecule has 0 unspecified atom stereocenters. The predicted molar refractivity (Wildman–Crippen MR) is 229 cm³/mol. The number of aromatic nitrogens is 2. The van der Waals surface area contributed by atoms with Crippen LogP contribution in [0.25, 0.3) is 92.2 Å². The van der Waals surface area contributed by atoms with E-state index in [2.05, 4.69) is 149 Å². The van der Waals surface area contributed by atoms with Gasteiger partial charge in [0.15, 0.2) is 5.58 Å². The van der Waals surface area contributed by atoms with Crippen molar-refractivity contribution in [3.63, 3.8) is 0 Å². The van der Waals surface area contributed by atoms with Crippen LogP contribution in [0.4, 0.5) is 17.1 Å². The number of hydrogen-bond donors (Lipinski definition) is 0. The maximum Gasteiger partial charge on any atom is 0.227 e. The van der Waals surface area contributed by atoms with Crippen LogP contribution in [0.5, 0.6) is 0 Å². The molecular formula is C49H29N3O2S. The lowest BCUT2D eigenvalue weighted by Gasteiger charge is -2.28. The second kappa shape index (κ2) is 11.7. The van der Waals surface area contributed by atoms with Crippen molar-refractivity contribution < 1.29 is 8.83 Å². The first-order chi connectivity index (χ1) is 27.3.